The van der Waals surface area contributed by atoms with Gasteiger partial charge in [0.15, 0.2) is 0 Å². The normalized spacial score (nSPS) is 18.6. The number of carbonyl (C=O) groups excluding carboxylic acids is 1. The molecule has 0 aromatic carbocycles. The van der Waals surface area contributed by atoms with Gasteiger partial charge in [0, 0.05) is 19.1 Å². The van der Waals surface area contributed by atoms with Gasteiger partial charge in [-0.1, -0.05) is 12.8 Å². The molecule has 17 heavy (non-hydrogen) atoms. The van der Waals surface area contributed by atoms with Crippen molar-refractivity contribution in [2.45, 2.75) is 51.6 Å². The second kappa shape index (κ2) is 7.67. The largest absolute Gasteiger partial charge is 0.465 e. The average molecular weight is 242 g/mol. The molecule has 4 heteroatoms. The maximum absolute atomic E-state index is 11.4. The van der Waals surface area contributed by atoms with Crippen LogP contribution in [-0.2, 0) is 9.53 Å². The SMILES string of the molecule is CCOC(=O)C(C)NCCN(C)C1CCCC1. The van der Waals surface area contributed by atoms with Crippen LogP contribution in [0.3, 0.4) is 0 Å². The molecule has 1 rings (SSSR count). The average Bonchev–Trinajstić information content (AvgIpc) is 2.82. The lowest BCUT2D eigenvalue weighted by Gasteiger charge is -2.24. The van der Waals surface area contributed by atoms with E-state index in [-0.39, 0.29) is 12.0 Å². The van der Waals surface area contributed by atoms with Crippen LogP contribution in [0.15, 0.2) is 0 Å². The Morgan fingerprint density at radius 1 is 1.47 bits per heavy atom. The number of nitrogens with one attached hydrogen (secondary N) is 1. The third-order valence-electron chi connectivity index (χ3n) is 3.50. The summed E-state index contributed by atoms with van der Waals surface area (Å²) >= 11 is 0. The highest BCUT2D eigenvalue weighted by Crippen LogP contribution is 2.21. The van der Waals surface area contributed by atoms with Crippen molar-refractivity contribution >= 4 is 5.97 Å². The molecular formula is C13H26N2O2. The second-order valence-electron chi connectivity index (χ2n) is 4.85. The zero-order valence-electron chi connectivity index (χ0n) is 11.4. The Balaban J connectivity index is 2.11. The number of nitrogens with zero attached hydrogens (tertiary/aromatic N) is 1. The number of rotatable bonds is 7. The quantitative estimate of drug-likeness (QED) is 0.685. The molecule has 0 aliphatic heterocycles. The molecule has 1 N–H and O–H groups in total. The van der Waals surface area contributed by atoms with Gasteiger partial charge in [0.2, 0.25) is 0 Å². The number of hydrogen-bond acceptors (Lipinski definition) is 4. The van der Waals surface area contributed by atoms with E-state index in [4.69, 9.17) is 4.74 Å². The van der Waals surface area contributed by atoms with Crippen LogP contribution in [0.1, 0.15) is 39.5 Å². The van der Waals surface area contributed by atoms with Crippen LogP contribution in [0.4, 0.5) is 0 Å². The molecule has 1 unspecified atom stereocenters. The van der Waals surface area contributed by atoms with Gasteiger partial charge in [-0.05, 0) is 33.7 Å². The molecule has 0 aromatic rings. The third kappa shape index (κ3) is 5.04. The van der Waals surface area contributed by atoms with E-state index >= 15 is 0 Å². The molecule has 100 valence electrons. The number of esters is 1. The minimum atomic E-state index is -0.202. The Bertz CT molecular complexity index is 227. The molecule has 1 saturated carbocycles. The standard InChI is InChI=1S/C13H26N2O2/c1-4-17-13(16)11(2)14-9-10-15(3)12-7-5-6-8-12/h11-12,14H,4-10H2,1-3H3. The zero-order chi connectivity index (χ0) is 12.7. The Morgan fingerprint density at radius 2 is 2.12 bits per heavy atom. The first-order chi connectivity index (χ1) is 8.15. The van der Waals surface area contributed by atoms with E-state index < -0.39 is 0 Å². The Labute approximate surface area is 105 Å². The maximum atomic E-state index is 11.4. The molecule has 1 aliphatic carbocycles. The number of carbonyl (C=O) groups is 1. The van der Waals surface area contributed by atoms with Crippen LogP contribution < -0.4 is 5.32 Å². The molecule has 0 saturated heterocycles. The smallest absolute Gasteiger partial charge is 0.322 e. The van der Waals surface area contributed by atoms with Crippen molar-refractivity contribution in [3.05, 3.63) is 0 Å². The van der Waals surface area contributed by atoms with Crippen LogP contribution in [0.2, 0.25) is 0 Å². The zero-order valence-corrected chi connectivity index (χ0v) is 11.4. The highest BCUT2D eigenvalue weighted by atomic mass is 16.5. The minimum absolute atomic E-state index is 0.156. The maximum Gasteiger partial charge on any atom is 0.322 e. The predicted molar refractivity (Wildman–Crippen MR) is 69.0 cm³/mol. The summed E-state index contributed by atoms with van der Waals surface area (Å²) in [5.41, 5.74) is 0. The fourth-order valence-electron chi connectivity index (χ4n) is 2.34. The highest BCUT2D eigenvalue weighted by molar-refractivity contribution is 5.75. The van der Waals surface area contributed by atoms with Crippen molar-refractivity contribution in [3.8, 4) is 0 Å². The Hall–Kier alpha value is -0.610. The summed E-state index contributed by atoms with van der Waals surface area (Å²) in [4.78, 5) is 13.8. The van der Waals surface area contributed by atoms with Gasteiger partial charge in [-0.2, -0.15) is 0 Å². The van der Waals surface area contributed by atoms with Gasteiger partial charge < -0.3 is 15.0 Å². The third-order valence-corrected chi connectivity index (χ3v) is 3.50. The van der Waals surface area contributed by atoms with Crippen molar-refractivity contribution in [1.82, 2.24) is 10.2 Å². The summed E-state index contributed by atoms with van der Waals surface area (Å²) in [5.74, 6) is -0.156. The van der Waals surface area contributed by atoms with E-state index in [2.05, 4.69) is 17.3 Å². The summed E-state index contributed by atoms with van der Waals surface area (Å²) in [7, 11) is 2.17. The molecule has 0 heterocycles. The van der Waals surface area contributed by atoms with Gasteiger partial charge in [-0.25, -0.2) is 0 Å². The molecule has 0 radical (unpaired) electrons. The monoisotopic (exact) mass is 242 g/mol. The van der Waals surface area contributed by atoms with Crippen LogP contribution in [0.25, 0.3) is 0 Å². The van der Waals surface area contributed by atoms with Gasteiger partial charge in [-0.15, -0.1) is 0 Å². The highest BCUT2D eigenvalue weighted by Gasteiger charge is 2.19. The van der Waals surface area contributed by atoms with Gasteiger partial charge in [0.05, 0.1) is 6.61 Å². The van der Waals surface area contributed by atoms with Crippen LogP contribution in [0.5, 0.6) is 0 Å². The van der Waals surface area contributed by atoms with Crippen LogP contribution in [0, 0.1) is 0 Å². The molecule has 0 bridgehead atoms. The molecule has 4 nitrogen and oxygen atoms in total. The first kappa shape index (κ1) is 14.5. The lowest BCUT2D eigenvalue weighted by Crippen LogP contribution is -2.41. The number of ether oxygens (including phenoxy) is 1. The first-order valence-electron chi connectivity index (χ1n) is 6.75. The summed E-state index contributed by atoms with van der Waals surface area (Å²) < 4.78 is 4.95. The van der Waals surface area contributed by atoms with E-state index in [9.17, 15) is 4.79 Å². The minimum Gasteiger partial charge on any atom is -0.465 e. The van der Waals surface area contributed by atoms with E-state index in [0.29, 0.717) is 6.61 Å². The fraction of sp³-hybridized carbons (Fsp3) is 0.923. The Kier molecular flexibility index (Phi) is 6.52. The molecule has 1 aliphatic rings. The molecule has 1 atom stereocenters. The van der Waals surface area contributed by atoms with Crippen LogP contribution in [-0.4, -0.2) is 49.7 Å². The van der Waals surface area contributed by atoms with E-state index in [0.717, 1.165) is 19.1 Å². The van der Waals surface area contributed by atoms with Gasteiger partial charge in [-0.3, -0.25) is 4.79 Å². The van der Waals surface area contributed by atoms with Crippen molar-refractivity contribution in [2.24, 2.45) is 0 Å². The molecule has 0 aromatic heterocycles. The fourth-order valence-corrected chi connectivity index (χ4v) is 2.34. The van der Waals surface area contributed by atoms with E-state index in [1.165, 1.54) is 25.7 Å². The second-order valence-corrected chi connectivity index (χ2v) is 4.85. The summed E-state index contributed by atoms with van der Waals surface area (Å²) in [6, 6.07) is 0.543. The lowest BCUT2D eigenvalue weighted by atomic mass is 10.2. The number of likely N-dealkylation sites (N-methyl/N-ethyl adjacent to an activating group) is 1. The Morgan fingerprint density at radius 3 is 2.71 bits per heavy atom. The van der Waals surface area contributed by atoms with Crippen LogP contribution >= 0.6 is 0 Å². The van der Waals surface area contributed by atoms with Gasteiger partial charge in [0.1, 0.15) is 6.04 Å². The van der Waals surface area contributed by atoms with Crippen molar-refractivity contribution in [1.29, 1.82) is 0 Å². The van der Waals surface area contributed by atoms with Gasteiger partial charge >= 0.3 is 5.97 Å². The molecule has 0 spiro atoms. The predicted octanol–water partition coefficient (Wildman–Crippen LogP) is 1.40. The molecular weight excluding hydrogens is 216 g/mol. The van der Waals surface area contributed by atoms with E-state index in [1.807, 2.05) is 13.8 Å². The lowest BCUT2D eigenvalue weighted by molar-refractivity contribution is -0.145. The summed E-state index contributed by atoms with van der Waals surface area (Å²) in [5, 5.41) is 3.21. The molecule has 1 fully saturated rings. The van der Waals surface area contributed by atoms with Crippen molar-refractivity contribution < 1.29 is 9.53 Å². The van der Waals surface area contributed by atoms with E-state index in [1.54, 1.807) is 0 Å². The van der Waals surface area contributed by atoms with Gasteiger partial charge in [0.25, 0.3) is 0 Å². The topological polar surface area (TPSA) is 41.6 Å². The van der Waals surface area contributed by atoms with Crippen molar-refractivity contribution in [3.63, 3.8) is 0 Å². The molecule has 0 amide bonds. The number of hydrogen-bond donors (Lipinski definition) is 1. The first-order valence-corrected chi connectivity index (χ1v) is 6.75. The summed E-state index contributed by atoms with van der Waals surface area (Å²) in [6.07, 6.45) is 5.37. The van der Waals surface area contributed by atoms with Crippen molar-refractivity contribution in [2.75, 3.05) is 26.7 Å². The summed E-state index contributed by atoms with van der Waals surface area (Å²) in [6.45, 7) is 5.97.